The summed E-state index contributed by atoms with van der Waals surface area (Å²) in [5.74, 6) is 0. The van der Waals surface area contributed by atoms with E-state index in [1.807, 2.05) is 0 Å². The fraction of sp³-hybridized carbons (Fsp3) is 0.455. The maximum absolute atomic E-state index is 12.7. The van der Waals surface area contributed by atoms with Gasteiger partial charge in [0.25, 0.3) is 0 Å². The Hall–Kier alpha value is -1.20. The first-order valence-electron chi connectivity index (χ1n) is 4.86. The van der Waals surface area contributed by atoms with Gasteiger partial charge in [-0.15, -0.1) is 0 Å². The van der Waals surface area contributed by atoms with Crippen molar-refractivity contribution in [2.45, 2.75) is 32.6 Å². The van der Waals surface area contributed by atoms with Crippen molar-refractivity contribution < 1.29 is 26.3 Å². The first-order chi connectivity index (χ1) is 7.59. The fourth-order valence-electron chi connectivity index (χ4n) is 1.79. The van der Waals surface area contributed by atoms with Crippen LogP contribution in [0.1, 0.15) is 29.2 Å². The van der Waals surface area contributed by atoms with Crippen LogP contribution in [0.25, 0.3) is 0 Å². The number of alkyl halides is 6. The number of hydrogen-bond acceptors (Lipinski definition) is 0. The van der Waals surface area contributed by atoms with Crippen LogP contribution >= 0.6 is 0 Å². The minimum absolute atomic E-state index is 0.192. The highest BCUT2D eigenvalue weighted by atomic mass is 19.4. The largest absolute Gasteiger partial charge is 0.416 e. The molecule has 6 heteroatoms. The van der Waals surface area contributed by atoms with E-state index in [0.717, 1.165) is 13.0 Å². The average molecular weight is 256 g/mol. The molecule has 17 heavy (non-hydrogen) atoms. The van der Waals surface area contributed by atoms with Gasteiger partial charge in [0, 0.05) is 0 Å². The van der Waals surface area contributed by atoms with E-state index < -0.39 is 29.0 Å². The molecule has 0 nitrogen and oxygen atoms in total. The Labute approximate surface area is 94.2 Å². The summed E-state index contributed by atoms with van der Waals surface area (Å²) in [5.41, 5.74) is -3.26. The van der Waals surface area contributed by atoms with Crippen LogP contribution in [0.4, 0.5) is 26.3 Å². The lowest BCUT2D eigenvalue weighted by Crippen LogP contribution is -2.17. The van der Waals surface area contributed by atoms with Gasteiger partial charge in [-0.05, 0) is 30.5 Å². The minimum atomic E-state index is -4.77. The van der Waals surface area contributed by atoms with Gasteiger partial charge in [-0.3, -0.25) is 0 Å². The molecule has 0 aliphatic rings. The van der Waals surface area contributed by atoms with E-state index in [9.17, 15) is 26.3 Å². The zero-order valence-electron chi connectivity index (χ0n) is 9.13. The number of hydrogen-bond donors (Lipinski definition) is 0. The van der Waals surface area contributed by atoms with Crippen molar-refractivity contribution in [3.05, 3.63) is 34.4 Å². The lowest BCUT2D eigenvalue weighted by Gasteiger charge is -2.19. The van der Waals surface area contributed by atoms with E-state index in [4.69, 9.17) is 0 Å². The Morgan fingerprint density at radius 3 is 1.82 bits per heavy atom. The van der Waals surface area contributed by atoms with E-state index in [1.54, 1.807) is 0 Å². The molecule has 0 N–H and O–H groups in total. The van der Waals surface area contributed by atoms with E-state index in [-0.39, 0.29) is 12.0 Å². The van der Waals surface area contributed by atoms with Crippen molar-refractivity contribution in [2.24, 2.45) is 0 Å². The van der Waals surface area contributed by atoms with Crippen LogP contribution in [0, 0.1) is 6.92 Å². The van der Waals surface area contributed by atoms with Crippen molar-refractivity contribution >= 4 is 0 Å². The maximum atomic E-state index is 12.7. The smallest absolute Gasteiger partial charge is 0.166 e. The first-order valence-corrected chi connectivity index (χ1v) is 4.86. The number of benzene rings is 1. The number of rotatable bonds is 1. The van der Waals surface area contributed by atoms with Gasteiger partial charge in [-0.25, -0.2) is 0 Å². The molecule has 1 rings (SSSR count). The van der Waals surface area contributed by atoms with Gasteiger partial charge in [0.2, 0.25) is 0 Å². The zero-order chi connectivity index (χ0) is 13.4. The quantitative estimate of drug-likeness (QED) is 0.644. The van der Waals surface area contributed by atoms with Crippen molar-refractivity contribution in [3.8, 4) is 0 Å². The lowest BCUT2D eigenvalue weighted by atomic mass is 9.94. The summed E-state index contributed by atoms with van der Waals surface area (Å²) in [6, 6.07) is 1.55. The predicted molar refractivity (Wildman–Crippen MR) is 50.6 cm³/mol. The van der Waals surface area contributed by atoms with Gasteiger partial charge in [-0.1, -0.05) is 13.0 Å². The molecule has 0 aliphatic carbocycles. The maximum Gasteiger partial charge on any atom is 0.416 e. The summed E-state index contributed by atoms with van der Waals surface area (Å²) in [4.78, 5) is 0. The van der Waals surface area contributed by atoms with E-state index >= 15 is 0 Å². The second-order valence-corrected chi connectivity index (χ2v) is 3.63. The summed E-state index contributed by atoms with van der Waals surface area (Å²) in [6.45, 7) is 2.43. The second-order valence-electron chi connectivity index (χ2n) is 3.63. The summed E-state index contributed by atoms with van der Waals surface area (Å²) < 4.78 is 75.8. The summed E-state index contributed by atoms with van der Waals surface area (Å²) in [6.07, 6.45) is -9.85. The van der Waals surface area contributed by atoms with Crippen molar-refractivity contribution in [3.63, 3.8) is 0 Å². The number of aryl methyl sites for hydroxylation is 1. The summed E-state index contributed by atoms with van der Waals surface area (Å²) in [5, 5.41) is 0. The molecule has 0 spiro atoms. The van der Waals surface area contributed by atoms with Gasteiger partial charge in [0.15, 0.2) is 0 Å². The topological polar surface area (TPSA) is 0 Å². The molecule has 1 aromatic rings. The molecule has 0 saturated carbocycles. The molecule has 0 atom stereocenters. The monoisotopic (exact) mass is 256 g/mol. The van der Waals surface area contributed by atoms with Crippen LogP contribution in [0.5, 0.6) is 0 Å². The van der Waals surface area contributed by atoms with Crippen LogP contribution in [0.2, 0.25) is 0 Å². The molecule has 1 aromatic carbocycles. The van der Waals surface area contributed by atoms with Gasteiger partial charge in [0.1, 0.15) is 0 Å². The van der Waals surface area contributed by atoms with E-state index in [2.05, 4.69) is 0 Å². The minimum Gasteiger partial charge on any atom is -0.166 e. The predicted octanol–water partition coefficient (Wildman–Crippen LogP) is 4.60. The molecule has 0 unspecified atom stereocenters. The van der Waals surface area contributed by atoms with Gasteiger partial charge in [0.05, 0.1) is 11.1 Å². The molecule has 0 bridgehead atoms. The molecule has 0 heterocycles. The summed E-state index contributed by atoms with van der Waals surface area (Å²) in [7, 11) is 0. The Balaban J connectivity index is 3.60. The molecule has 0 radical (unpaired) electrons. The van der Waals surface area contributed by atoms with Gasteiger partial charge < -0.3 is 0 Å². The summed E-state index contributed by atoms with van der Waals surface area (Å²) >= 11 is 0. The highest BCUT2D eigenvalue weighted by Gasteiger charge is 2.40. The average Bonchev–Trinajstić information content (AvgIpc) is 2.12. The molecule has 0 fully saturated rings. The van der Waals surface area contributed by atoms with Gasteiger partial charge >= 0.3 is 12.4 Å². The fourth-order valence-corrected chi connectivity index (χ4v) is 1.79. The van der Waals surface area contributed by atoms with Crippen molar-refractivity contribution in [1.29, 1.82) is 0 Å². The zero-order valence-corrected chi connectivity index (χ0v) is 9.13. The van der Waals surface area contributed by atoms with Crippen LogP contribution < -0.4 is 0 Å². The second kappa shape index (κ2) is 4.23. The highest BCUT2D eigenvalue weighted by Crippen LogP contribution is 2.41. The third-order valence-electron chi connectivity index (χ3n) is 2.46. The van der Waals surface area contributed by atoms with Gasteiger partial charge in [-0.2, -0.15) is 26.3 Å². The third kappa shape index (κ3) is 2.73. The third-order valence-corrected chi connectivity index (χ3v) is 2.46. The first kappa shape index (κ1) is 13.9. The standard InChI is InChI=1S/C11H10F6/c1-3-7-8(10(12,13)14)5-4-6(2)9(7)11(15,16)17/h4-5H,3H2,1-2H3. The Morgan fingerprint density at radius 2 is 1.47 bits per heavy atom. The highest BCUT2D eigenvalue weighted by molar-refractivity contribution is 5.43. The van der Waals surface area contributed by atoms with E-state index in [0.29, 0.717) is 6.07 Å². The van der Waals surface area contributed by atoms with Crippen LogP contribution in [0.15, 0.2) is 12.1 Å². The molecule has 0 amide bonds. The normalized spacial score (nSPS) is 12.9. The molecular weight excluding hydrogens is 246 g/mol. The lowest BCUT2D eigenvalue weighted by molar-refractivity contribution is -0.144. The van der Waals surface area contributed by atoms with E-state index in [1.165, 1.54) is 6.92 Å². The van der Waals surface area contributed by atoms with Crippen molar-refractivity contribution in [2.75, 3.05) is 0 Å². The van der Waals surface area contributed by atoms with Crippen LogP contribution in [-0.2, 0) is 18.8 Å². The van der Waals surface area contributed by atoms with Crippen LogP contribution in [-0.4, -0.2) is 0 Å². The van der Waals surface area contributed by atoms with Crippen LogP contribution in [0.3, 0.4) is 0 Å². The Kier molecular flexibility index (Phi) is 3.45. The molecule has 0 saturated heterocycles. The Bertz CT molecular complexity index is 413. The molecule has 0 aromatic heterocycles. The Morgan fingerprint density at radius 1 is 0.941 bits per heavy atom. The SMILES string of the molecule is CCc1c(C(F)(F)F)ccc(C)c1C(F)(F)F. The number of halogens is 6. The molecule has 0 aliphatic heterocycles. The molecular formula is C11H10F6. The van der Waals surface area contributed by atoms with Crippen molar-refractivity contribution in [1.82, 2.24) is 0 Å². The molecule has 96 valence electrons.